The van der Waals surface area contributed by atoms with E-state index in [0.717, 1.165) is 11.6 Å². The SMILES string of the molecule is C[As](CCc1ccccc1)S(=O)(=O)c1ccccc1N. The van der Waals surface area contributed by atoms with Crippen molar-refractivity contribution in [3.8, 4) is 0 Å². The zero-order valence-electron chi connectivity index (χ0n) is 11.4. The van der Waals surface area contributed by atoms with Gasteiger partial charge in [-0.3, -0.25) is 0 Å². The second-order valence-corrected chi connectivity index (χ2v) is 15.8. The molecule has 0 spiro atoms. The van der Waals surface area contributed by atoms with E-state index >= 15 is 0 Å². The Bertz CT molecular complexity index is 671. The van der Waals surface area contributed by atoms with E-state index in [1.54, 1.807) is 24.3 Å². The molecule has 0 aromatic heterocycles. The molecule has 2 aromatic carbocycles. The van der Waals surface area contributed by atoms with Crippen LogP contribution in [0.3, 0.4) is 0 Å². The zero-order valence-corrected chi connectivity index (χ0v) is 14.1. The Kier molecular flexibility index (Phi) is 4.90. The van der Waals surface area contributed by atoms with Crippen molar-refractivity contribution in [2.75, 3.05) is 5.73 Å². The molecule has 2 N–H and O–H groups in total. The molecular formula is C15H18AsNO2S. The normalized spacial score (nSPS) is 13.1. The molecule has 1 unspecified atom stereocenters. The summed E-state index contributed by atoms with van der Waals surface area (Å²) in [7, 11) is -3.22. The van der Waals surface area contributed by atoms with Gasteiger partial charge >= 0.3 is 124 Å². The fourth-order valence-electron chi connectivity index (χ4n) is 1.93. The first-order chi connectivity index (χ1) is 9.51. The van der Waals surface area contributed by atoms with Gasteiger partial charge in [0.25, 0.3) is 0 Å². The third-order valence-electron chi connectivity index (χ3n) is 3.17. The number of benzene rings is 2. The van der Waals surface area contributed by atoms with Gasteiger partial charge in [0.15, 0.2) is 0 Å². The van der Waals surface area contributed by atoms with Crippen LogP contribution >= 0.6 is 0 Å². The third kappa shape index (κ3) is 3.44. The molecule has 0 aliphatic heterocycles. The summed E-state index contributed by atoms with van der Waals surface area (Å²) >= 11 is -2.02. The Morgan fingerprint density at radius 1 is 1.00 bits per heavy atom. The van der Waals surface area contributed by atoms with Gasteiger partial charge in [0.05, 0.1) is 0 Å². The van der Waals surface area contributed by atoms with E-state index < -0.39 is 21.6 Å². The summed E-state index contributed by atoms with van der Waals surface area (Å²) in [5.74, 6) is 0. The Hall–Kier alpha value is -1.25. The van der Waals surface area contributed by atoms with Crippen molar-refractivity contribution in [1.82, 2.24) is 0 Å². The van der Waals surface area contributed by atoms with Crippen LogP contribution in [0, 0.1) is 0 Å². The summed E-state index contributed by atoms with van der Waals surface area (Å²) < 4.78 is 25.1. The van der Waals surface area contributed by atoms with Crippen LogP contribution in [0.4, 0.5) is 5.69 Å². The van der Waals surface area contributed by atoms with Gasteiger partial charge in [-0.2, -0.15) is 0 Å². The third-order valence-corrected chi connectivity index (χ3v) is 14.1. The molecule has 0 fully saturated rings. The molecule has 5 heteroatoms. The van der Waals surface area contributed by atoms with E-state index in [1.165, 1.54) is 5.56 Å². The van der Waals surface area contributed by atoms with Crippen molar-refractivity contribution >= 4 is 27.3 Å². The van der Waals surface area contributed by atoms with E-state index in [2.05, 4.69) is 0 Å². The molecule has 3 nitrogen and oxygen atoms in total. The molecule has 20 heavy (non-hydrogen) atoms. The van der Waals surface area contributed by atoms with Crippen molar-refractivity contribution in [1.29, 1.82) is 0 Å². The summed E-state index contributed by atoms with van der Waals surface area (Å²) in [5.41, 5.74) is 9.22. The molecule has 0 bridgehead atoms. The number of hydrogen-bond acceptors (Lipinski definition) is 3. The fourth-order valence-corrected chi connectivity index (χ4v) is 9.48. The summed E-state index contributed by atoms with van der Waals surface area (Å²) in [6.07, 6.45) is 0.809. The monoisotopic (exact) mass is 351 g/mol. The van der Waals surface area contributed by atoms with Gasteiger partial charge < -0.3 is 0 Å². The maximum absolute atomic E-state index is 12.6. The van der Waals surface area contributed by atoms with Gasteiger partial charge in [-0.15, -0.1) is 0 Å². The van der Waals surface area contributed by atoms with Crippen molar-refractivity contribution < 1.29 is 8.42 Å². The van der Waals surface area contributed by atoms with E-state index in [0.29, 0.717) is 10.6 Å². The van der Waals surface area contributed by atoms with Gasteiger partial charge in [0.2, 0.25) is 0 Å². The molecule has 2 rings (SSSR count). The molecule has 0 heterocycles. The summed E-state index contributed by atoms with van der Waals surface area (Å²) in [6, 6.07) is 16.7. The first-order valence-corrected chi connectivity index (χ1v) is 13.3. The summed E-state index contributed by atoms with van der Waals surface area (Å²) in [4.78, 5) is 0.301. The number of hydrogen-bond donors (Lipinski definition) is 1. The zero-order chi connectivity index (χ0) is 14.6. The maximum atomic E-state index is 12.6. The van der Waals surface area contributed by atoms with Crippen LogP contribution in [0.25, 0.3) is 0 Å². The molecule has 0 radical (unpaired) electrons. The number of rotatable bonds is 5. The molecule has 1 atom stereocenters. The second kappa shape index (κ2) is 6.47. The number of para-hydroxylation sites is 1. The van der Waals surface area contributed by atoms with Gasteiger partial charge in [-0.05, 0) is 0 Å². The fraction of sp³-hybridized carbons (Fsp3) is 0.200. The van der Waals surface area contributed by atoms with Gasteiger partial charge in [-0.1, -0.05) is 0 Å². The van der Waals surface area contributed by atoms with E-state index in [9.17, 15) is 8.42 Å². The molecule has 0 saturated carbocycles. The minimum absolute atomic E-state index is 0.301. The van der Waals surface area contributed by atoms with Crippen LogP contribution in [0.15, 0.2) is 59.5 Å². The topological polar surface area (TPSA) is 60.2 Å². The van der Waals surface area contributed by atoms with Crippen LogP contribution < -0.4 is 5.73 Å². The van der Waals surface area contributed by atoms with Gasteiger partial charge in [0.1, 0.15) is 0 Å². The summed E-state index contributed by atoms with van der Waals surface area (Å²) in [6.45, 7) is 0. The molecular weight excluding hydrogens is 333 g/mol. The Labute approximate surface area is 124 Å². The first-order valence-electron chi connectivity index (χ1n) is 6.36. The predicted molar refractivity (Wildman–Crippen MR) is 84.6 cm³/mol. The van der Waals surface area contributed by atoms with Gasteiger partial charge in [0, 0.05) is 0 Å². The molecule has 0 aliphatic rings. The number of nitrogen functional groups attached to an aromatic ring is 1. The summed E-state index contributed by atoms with van der Waals surface area (Å²) in [5, 5.41) is 0.730. The van der Waals surface area contributed by atoms with Crippen molar-refractivity contribution in [3.05, 3.63) is 60.2 Å². The van der Waals surface area contributed by atoms with Crippen LogP contribution in [0.5, 0.6) is 0 Å². The van der Waals surface area contributed by atoms with Crippen LogP contribution in [0.2, 0.25) is 10.9 Å². The van der Waals surface area contributed by atoms with Crippen LogP contribution in [-0.2, 0) is 14.5 Å². The Balaban J connectivity index is 2.12. The molecule has 106 valence electrons. The average molecular weight is 351 g/mol. The number of nitrogens with two attached hydrogens (primary N) is 1. The van der Waals surface area contributed by atoms with E-state index in [1.807, 2.05) is 36.0 Å². The molecule has 0 aliphatic carbocycles. The Morgan fingerprint density at radius 2 is 1.60 bits per heavy atom. The Morgan fingerprint density at radius 3 is 2.25 bits per heavy atom. The van der Waals surface area contributed by atoms with E-state index in [-0.39, 0.29) is 0 Å². The number of aryl methyl sites for hydroxylation is 1. The molecule has 2 aromatic rings. The van der Waals surface area contributed by atoms with Crippen molar-refractivity contribution in [2.45, 2.75) is 22.2 Å². The van der Waals surface area contributed by atoms with Crippen LogP contribution in [-0.4, -0.2) is 21.9 Å². The van der Waals surface area contributed by atoms with Crippen LogP contribution in [0.1, 0.15) is 5.56 Å². The first kappa shape index (κ1) is 15.1. The predicted octanol–water partition coefficient (Wildman–Crippen LogP) is 2.91. The van der Waals surface area contributed by atoms with Gasteiger partial charge in [-0.25, -0.2) is 0 Å². The second-order valence-electron chi connectivity index (χ2n) is 4.60. The molecule has 0 saturated heterocycles. The standard InChI is InChI=1S/C15H18AsNO2S/c1-16(12-11-13-7-3-2-4-8-13)20(18,19)15-10-6-5-9-14(15)17/h2-10H,11-12,17H2,1H3. The number of anilines is 1. The van der Waals surface area contributed by atoms with Crippen molar-refractivity contribution in [2.24, 2.45) is 0 Å². The van der Waals surface area contributed by atoms with E-state index in [4.69, 9.17) is 5.73 Å². The average Bonchev–Trinajstić information content (AvgIpc) is 2.46. The molecule has 0 amide bonds. The minimum atomic E-state index is -3.22. The quantitative estimate of drug-likeness (QED) is 0.666. The van der Waals surface area contributed by atoms with Crippen molar-refractivity contribution in [3.63, 3.8) is 0 Å².